The number of hydrogen-bond donors (Lipinski definition) is 2. The van der Waals surface area contributed by atoms with Crippen LogP contribution >= 0.6 is 0 Å². The molecule has 28 valence electrons. The van der Waals surface area contributed by atoms with Gasteiger partial charge in [-0.3, -0.25) is 0 Å². The Bertz CT molecular complexity index is 25.1. The van der Waals surface area contributed by atoms with Gasteiger partial charge < -0.3 is 10.8 Å². The Hall–Kier alpha value is 0.0499. The summed E-state index contributed by atoms with van der Waals surface area (Å²) in [7, 11) is 3.04. The molecule has 0 saturated heterocycles. The van der Waals surface area contributed by atoms with Gasteiger partial charge in [0.15, 0.2) is 0 Å². The Kier molecular flexibility index (Phi) is 1.04. The monoisotopic (exact) mass is 71.1 g/mol. The van der Waals surface area contributed by atoms with Gasteiger partial charge in [-0.2, -0.15) is 0 Å². The lowest BCUT2D eigenvalue weighted by atomic mass is 9.75. The SMILES string of the molecule is BC(B)(N)O. The van der Waals surface area contributed by atoms with Crippen LogP contribution in [0.25, 0.3) is 0 Å². The maximum absolute atomic E-state index is 8.30. The third kappa shape index (κ3) is 6840. The molecule has 0 heterocycles. The van der Waals surface area contributed by atoms with E-state index in [1.807, 2.05) is 0 Å². The van der Waals surface area contributed by atoms with Gasteiger partial charge >= 0.3 is 0 Å². The quantitative estimate of drug-likeness (QED) is 0.233. The molecule has 0 radical (unpaired) electrons. The van der Waals surface area contributed by atoms with E-state index >= 15 is 0 Å². The van der Waals surface area contributed by atoms with Gasteiger partial charge in [0.1, 0.15) is 15.7 Å². The van der Waals surface area contributed by atoms with Crippen LogP contribution < -0.4 is 5.73 Å². The topological polar surface area (TPSA) is 46.2 Å². The van der Waals surface area contributed by atoms with Gasteiger partial charge in [0.25, 0.3) is 0 Å². The van der Waals surface area contributed by atoms with Crippen LogP contribution in [0, 0.1) is 0 Å². The van der Waals surface area contributed by atoms with E-state index in [9.17, 15) is 0 Å². The normalized spacial score (nSPS) is 11.6. The van der Waals surface area contributed by atoms with Crippen LogP contribution in [0.5, 0.6) is 0 Å². The van der Waals surface area contributed by atoms with E-state index in [1.165, 1.54) is 15.7 Å². The molecule has 0 aliphatic heterocycles. The molecule has 0 aromatic rings. The third-order valence-corrected chi connectivity index (χ3v) is 0. The average molecular weight is 70.7 g/mol. The van der Waals surface area contributed by atoms with E-state index in [0.29, 0.717) is 0 Å². The van der Waals surface area contributed by atoms with Crippen molar-refractivity contribution in [2.75, 3.05) is 0 Å². The molecule has 0 aromatic carbocycles. The summed E-state index contributed by atoms with van der Waals surface area (Å²) >= 11 is 0. The van der Waals surface area contributed by atoms with Crippen molar-refractivity contribution in [3.8, 4) is 0 Å². The van der Waals surface area contributed by atoms with Crippen molar-refractivity contribution in [1.29, 1.82) is 0 Å². The molecule has 0 saturated carbocycles. The Morgan fingerprint density at radius 3 is 1.60 bits per heavy atom. The lowest BCUT2D eigenvalue weighted by molar-refractivity contribution is 0.222. The lowest BCUT2D eigenvalue weighted by Crippen LogP contribution is -2.40. The summed E-state index contributed by atoms with van der Waals surface area (Å²) < 4.78 is 0. The number of nitrogens with two attached hydrogens (primary N) is 1. The van der Waals surface area contributed by atoms with Crippen molar-refractivity contribution in [2.45, 2.75) is 5.52 Å². The zero-order valence-corrected chi connectivity index (χ0v) is 3.52. The van der Waals surface area contributed by atoms with Gasteiger partial charge in [0.05, 0.1) is 0 Å². The molecule has 0 rings (SSSR count). The minimum absolute atomic E-state index is 1.00. The molecule has 0 spiro atoms. The predicted molar refractivity (Wildman–Crippen MR) is 26.2 cm³/mol. The molecule has 0 unspecified atom stereocenters. The fourth-order valence-electron chi connectivity index (χ4n) is 0. The summed E-state index contributed by atoms with van der Waals surface area (Å²) in [6.07, 6.45) is 0. The van der Waals surface area contributed by atoms with E-state index in [2.05, 4.69) is 0 Å². The van der Waals surface area contributed by atoms with Crippen LogP contribution in [0.2, 0.25) is 0 Å². The van der Waals surface area contributed by atoms with Crippen LogP contribution in [0.3, 0.4) is 0 Å². The molecule has 0 aliphatic carbocycles. The molecule has 4 heteroatoms. The number of hydrogen-bond acceptors (Lipinski definition) is 2. The highest BCUT2D eigenvalue weighted by Crippen LogP contribution is 1.66. The van der Waals surface area contributed by atoms with E-state index in [1.54, 1.807) is 0 Å². The smallest absolute Gasteiger partial charge is 0.149 e. The average Bonchev–Trinajstić information content (AvgIpc) is 0.722. The van der Waals surface area contributed by atoms with E-state index in [0.717, 1.165) is 0 Å². The van der Waals surface area contributed by atoms with Gasteiger partial charge in [0.2, 0.25) is 0 Å². The van der Waals surface area contributed by atoms with Crippen LogP contribution in [0.15, 0.2) is 0 Å². The summed E-state index contributed by atoms with van der Waals surface area (Å²) in [5.74, 6) is 0. The first-order chi connectivity index (χ1) is 2.00. The van der Waals surface area contributed by atoms with Gasteiger partial charge in [-0.05, 0) is 0 Å². The Morgan fingerprint density at radius 2 is 1.60 bits per heavy atom. The van der Waals surface area contributed by atoms with E-state index in [-0.39, 0.29) is 0 Å². The number of aliphatic hydroxyl groups is 1. The highest BCUT2D eigenvalue weighted by molar-refractivity contribution is 6.38. The largest absolute Gasteiger partial charge is 0.394 e. The maximum atomic E-state index is 8.30. The summed E-state index contributed by atoms with van der Waals surface area (Å²) in [5, 5.41) is 8.30. The number of rotatable bonds is 0. The first-order valence-electron chi connectivity index (χ1n) is 1.51. The molecular weight excluding hydrogens is 63.6 g/mol. The highest BCUT2D eigenvalue weighted by Gasteiger charge is 1.99. The minimum Gasteiger partial charge on any atom is -0.394 e. The van der Waals surface area contributed by atoms with Crippen molar-refractivity contribution < 1.29 is 5.11 Å². The summed E-state index contributed by atoms with van der Waals surface area (Å²) in [6, 6.07) is 0. The summed E-state index contributed by atoms with van der Waals surface area (Å²) in [5.41, 5.74) is 3.91. The van der Waals surface area contributed by atoms with Gasteiger partial charge in [-0.1, -0.05) is 0 Å². The second-order valence-corrected chi connectivity index (χ2v) is 1.65. The molecule has 3 N–H and O–H groups in total. The highest BCUT2D eigenvalue weighted by atomic mass is 16.3. The molecule has 0 aromatic heterocycles. The second-order valence-electron chi connectivity index (χ2n) is 1.65. The molecular formula is CH7B2NO. The summed E-state index contributed by atoms with van der Waals surface area (Å²) in [6.45, 7) is 0. The van der Waals surface area contributed by atoms with Crippen molar-refractivity contribution in [1.82, 2.24) is 0 Å². The first-order valence-corrected chi connectivity index (χ1v) is 1.51. The lowest BCUT2D eigenvalue weighted by Gasteiger charge is -2.05. The van der Waals surface area contributed by atoms with Crippen LogP contribution in [-0.2, 0) is 0 Å². The van der Waals surface area contributed by atoms with Gasteiger partial charge in [0, 0.05) is 5.52 Å². The zero-order chi connectivity index (χ0) is 4.50. The fourth-order valence-corrected chi connectivity index (χ4v) is 0. The molecule has 0 fully saturated rings. The van der Waals surface area contributed by atoms with E-state index < -0.39 is 5.52 Å². The summed E-state index contributed by atoms with van der Waals surface area (Å²) in [4.78, 5) is 0. The Morgan fingerprint density at radius 1 is 1.60 bits per heavy atom. The fraction of sp³-hybridized carbons (Fsp3) is 1.00. The van der Waals surface area contributed by atoms with Crippen molar-refractivity contribution in [3.63, 3.8) is 0 Å². The Balaban J connectivity index is 3.02. The predicted octanol–water partition coefficient (Wildman–Crippen LogP) is -3.19. The molecule has 0 aliphatic rings. The van der Waals surface area contributed by atoms with Crippen LogP contribution in [0.4, 0.5) is 0 Å². The van der Waals surface area contributed by atoms with Crippen molar-refractivity contribution >= 4 is 15.7 Å². The standard InChI is InChI=1S/CH7B2NO/c2-1(3,4)5/h5H,2-4H2. The molecule has 2 nitrogen and oxygen atoms in total. The van der Waals surface area contributed by atoms with Gasteiger partial charge in [-0.25, -0.2) is 0 Å². The van der Waals surface area contributed by atoms with Crippen molar-refractivity contribution in [2.24, 2.45) is 5.73 Å². The van der Waals surface area contributed by atoms with Gasteiger partial charge in [-0.15, -0.1) is 0 Å². The maximum Gasteiger partial charge on any atom is 0.149 e. The molecule has 0 bridgehead atoms. The first kappa shape index (κ1) is 5.05. The molecule has 0 atom stereocenters. The third-order valence-electron chi connectivity index (χ3n) is 0. The zero-order valence-electron chi connectivity index (χ0n) is 3.52. The molecule has 0 amide bonds. The van der Waals surface area contributed by atoms with Crippen LogP contribution in [-0.4, -0.2) is 26.3 Å². The second kappa shape index (κ2) is 1.03. The van der Waals surface area contributed by atoms with Crippen LogP contribution in [0.1, 0.15) is 0 Å². The molecule has 5 heavy (non-hydrogen) atoms. The minimum atomic E-state index is -1.00. The van der Waals surface area contributed by atoms with Crippen molar-refractivity contribution in [3.05, 3.63) is 0 Å². The van der Waals surface area contributed by atoms with E-state index in [4.69, 9.17) is 10.8 Å². The Labute approximate surface area is 33.2 Å².